The zero-order valence-electron chi connectivity index (χ0n) is 38.0. The van der Waals surface area contributed by atoms with Crippen molar-refractivity contribution in [1.82, 2.24) is 0 Å². The lowest BCUT2D eigenvalue weighted by Gasteiger charge is -2.18. The van der Waals surface area contributed by atoms with Gasteiger partial charge in [-0.3, -0.25) is 14.4 Å². The van der Waals surface area contributed by atoms with Gasteiger partial charge in [0.15, 0.2) is 6.10 Å². The highest BCUT2D eigenvalue weighted by Crippen LogP contribution is 2.12. The summed E-state index contributed by atoms with van der Waals surface area (Å²) in [5.74, 6) is -0.976. The molecule has 0 spiro atoms. The van der Waals surface area contributed by atoms with Crippen molar-refractivity contribution >= 4 is 17.9 Å². The molecule has 0 aromatic heterocycles. The first-order valence-electron chi connectivity index (χ1n) is 23.7. The normalized spacial score (nSPS) is 12.9. The van der Waals surface area contributed by atoms with Crippen LogP contribution in [-0.2, 0) is 28.6 Å². The maximum absolute atomic E-state index is 12.7. The van der Waals surface area contributed by atoms with Crippen LogP contribution in [0.1, 0.15) is 201 Å². The third kappa shape index (κ3) is 45.3. The highest BCUT2D eigenvalue weighted by molar-refractivity contribution is 5.71. The molecule has 1 atom stereocenters. The van der Waals surface area contributed by atoms with Crippen molar-refractivity contribution in [2.75, 3.05) is 13.2 Å². The number of carbonyl (C=O) groups excluding carboxylic acids is 3. The smallest absolute Gasteiger partial charge is 0.306 e. The maximum Gasteiger partial charge on any atom is 0.306 e. The van der Waals surface area contributed by atoms with Crippen LogP contribution in [0.25, 0.3) is 0 Å². The third-order valence-corrected chi connectivity index (χ3v) is 9.55. The summed E-state index contributed by atoms with van der Waals surface area (Å²) in [5.41, 5.74) is 0. The van der Waals surface area contributed by atoms with Crippen molar-refractivity contribution in [3.8, 4) is 0 Å². The molecule has 0 fully saturated rings. The zero-order valence-corrected chi connectivity index (χ0v) is 38.0. The fraction of sp³-hybridized carbons (Fsp3) is 0.642. The molecule has 0 heterocycles. The summed E-state index contributed by atoms with van der Waals surface area (Å²) in [6.45, 7) is 6.29. The zero-order chi connectivity index (χ0) is 43.0. The van der Waals surface area contributed by atoms with Gasteiger partial charge in [0.1, 0.15) is 13.2 Å². The fourth-order valence-electron chi connectivity index (χ4n) is 6.01. The molecule has 0 saturated heterocycles. The molecule has 334 valence electrons. The predicted octanol–water partition coefficient (Wildman–Crippen LogP) is 15.4. The van der Waals surface area contributed by atoms with Gasteiger partial charge in [0.25, 0.3) is 0 Å². The van der Waals surface area contributed by atoms with E-state index in [-0.39, 0.29) is 31.1 Å². The van der Waals surface area contributed by atoms with Gasteiger partial charge in [-0.05, 0) is 109 Å². The van der Waals surface area contributed by atoms with E-state index >= 15 is 0 Å². The number of rotatable bonds is 41. The summed E-state index contributed by atoms with van der Waals surface area (Å²) < 4.78 is 16.7. The maximum atomic E-state index is 12.7. The van der Waals surface area contributed by atoms with Crippen molar-refractivity contribution in [2.45, 2.75) is 207 Å². The van der Waals surface area contributed by atoms with Crippen molar-refractivity contribution in [1.29, 1.82) is 0 Å². The fourth-order valence-corrected chi connectivity index (χ4v) is 6.01. The minimum absolute atomic E-state index is 0.103. The Labute approximate surface area is 362 Å². The molecule has 0 rings (SSSR count). The van der Waals surface area contributed by atoms with E-state index in [2.05, 4.69) is 118 Å². The molecule has 6 nitrogen and oxygen atoms in total. The SMILES string of the molecule is CC/C=C\C/C=C\C/C=C\C/C=C\CCCCCC(=O)OCC(COC(=O)CCCCCCC/C=C\CCCC)OC(=O)CCCCCC/C=C\C/C=C\C/C=C\CC. The van der Waals surface area contributed by atoms with Crippen LogP contribution in [0, 0.1) is 0 Å². The number of esters is 3. The van der Waals surface area contributed by atoms with E-state index in [4.69, 9.17) is 14.2 Å². The Bertz CT molecular complexity index is 1220. The Balaban J connectivity index is 4.50. The van der Waals surface area contributed by atoms with Gasteiger partial charge in [0.2, 0.25) is 0 Å². The van der Waals surface area contributed by atoms with E-state index < -0.39 is 6.10 Å². The molecule has 0 aliphatic rings. The number of hydrogen-bond donors (Lipinski definition) is 0. The molecule has 0 saturated carbocycles. The average Bonchev–Trinajstić information content (AvgIpc) is 3.23. The van der Waals surface area contributed by atoms with Crippen molar-refractivity contribution < 1.29 is 28.6 Å². The summed E-state index contributed by atoms with van der Waals surface area (Å²) in [6, 6.07) is 0. The molecule has 0 aliphatic heterocycles. The second-order valence-corrected chi connectivity index (χ2v) is 15.2. The van der Waals surface area contributed by atoms with Gasteiger partial charge >= 0.3 is 17.9 Å². The van der Waals surface area contributed by atoms with E-state index in [0.717, 1.165) is 135 Å². The van der Waals surface area contributed by atoms with Gasteiger partial charge in [0.05, 0.1) is 0 Å². The third-order valence-electron chi connectivity index (χ3n) is 9.55. The first kappa shape index (κ1) is 55.3. The molecule has 0 radical (unpaired) electrons. The lowest BCUT2D eigenvalue weighted by Crippen LogP contribution is -2.30. The molecule has 0 bridgehead atoms. The number of allylic oxidation sites excluding steroid dienone is 16. The first-order chi connectivity index (χ1) is 29.0. The largest absolute Gasteiger partial charge is 0.462 e. The van der Waals surface area contributed by atoms with Crippen LogP contribution >= 0.6 is 0 Å². The van der Waals surface area contributed by atoms with E-state index in [1.54, 1.807) is 0 Å². The van der Waals surface area contributed by atoms with Gasteiger partial charge in [-0.1, -0.05) is 169 Å². The molecule has 0 N–H and O–H groups in total. The Kier molecular flexibility index (Phi) is 44.1. The van der Waals surface area contributed by atoms with Crippen LogP contribution in [0.5, 0.6) is 0 Å². The minimum atomic E-state index is -0.805. The number of hydrogen-bond acceptors (Lipinski definition) is 6. The average molecular weight is 819 g/mol. The van der Waals surface area contributed by atoms with Gasteiger partial charge in [0, 0.05) is 19.3 Å². The minimum Gasteiger partial charge on any atom is -0.462 e. The molecule has 0 amide bonds. The molecule has 0 aromatic carbocycles. The molecule has 0 aliphatic carbocycles. The van der Waals surface area contributed by atoms with Crippen LogP contribution in [-0.4, -0.2) is 37.2 Å². The van der Waals surface area contributed by atoms with Gasteiger partial charge in [-0.15, -0.1) is 0 Å². The number of ether oxygens (including phenoxy) is 3. The lowest BCUT2D eigenvalue weighted by molar-refractivity contribution is -0.167. The molecule has 6 heteroatoms. The van der Waals surface area contributed by atoms with Crippen LogP contribution in [0.3, 0.4) is 0 Å². The number of carbonyl (C=O) groups is 3. The Morgan fingerprint density at radius 2 is 0.661 bits per heavy atom. The highest BCUT2D eigenvalue weighted by Gasteiger charge is 2.19. The number of unbranched alkanes of at least 4 members (excludes halogenated alkanes) is 14. The topological polar surface area (TPSA) is 78.9 Å². The molecular weight excluding hydrogens is 733 g/mol. The molecule has 0 aromatic rings. The summed E-state index contributed by atoms with van der Waals surface area (Å²) in [4.78, 5) is 37.8. The van der Waals surface area contributed by atoms with Crippen LogP contribution in [0.15, 0.2) is 97.2 Å². The van der Waals surface area contributed by atoms with Crippen molar-refractivity contribution in [3.63, 3.8) is 0 Å². The molecule has 1 unspecified atom stereocenters. The second-order valence-electron chi connectivity index (χ2n) is 15.2. The van der Waals surface area contributed by atoms with Gasteiger partial charge < -0.3 is 14.2 Å². The second kappa shape index (κ2) is 47.0. The van der Waals surface area contributed by atoms with E-state index in [1.165, 1.54) is 25.7 Å². The van der Waals surface area contributed by atoms with E-state index in [1.807, 2.05) is 0 Å². The summed E-state index contributed by atoms with van der Waals surface area (Å²) in [6.07, 6.45) is 61.0. The first-order valence-corrected chi connectivity index (χ1v) is 23.7. The van der Waals surface area contributed by atoms with Crippen LogP contribution in [0.2, 0.25) is 0 Å². The predicted molar refractivity (Wildman–Crippen MR) is 251 cm³/mol. The van der Waals surface area contributed by atoms with Crippen LogP contribution in [0.4, 0.5) is 0 Å². The highest BCUT2D eigenvalue weighted by atomic mass is 16.6. The van der Waals surface area contributed by atoms with Gasteiger partial charge in [-0.2, -0.15) is 0 Å². The monoisotopic (exact) mass is 819 g/mol. The Morgan fingerprint density at radius 3 is 1.07 bits per heavy atom. The van der Waals surface area contributed by atoms with Crippen molar-refractivity contribution in [3.05, 3.63) is 97.2 Å². The molecule has 59 heavy (non-hydrogen) atoms. The summed E-state index contributed by atoms with van der Waals surface area (Å²) in [7, 11) is 0. The van der Waals surface area contributed by atoms with Gasteiger partial charge in [-0.25, -0.2) is 0 Å². The Morgan fingerprint density at radius 1 is 0.356 bits per heavy atom. The van der Waals surface area contributed by atoms with E-state index in [9.17, 15) is 14.4 Å². The van der Waals surface area contributed by atoms with Crippen molar-refractivity contribution in [2.24, 2.45) is 0 Å². The van der Waals surface area contributed by atoms with E-state index in [0.29, 0.717) is 19.3 Å². The molecular formula is C53H86O6. The quantitative estimate of drug-likeness (QED) is 0.0265. The summed E-state index contributed by atoms with van der Waals surface area (Å²) >= 11 is 0. The standard InChI is InChI=1S/C53H86O6/c1-4-7-10-13-16-19-22-24-26-27-29-31-34-37-40-43-46-52(55)58-49-50(48-57-51(54)45-42-39-36-33-30-21-18-15-12-9-6-3)59-53(56)47-44-41-38-35-32-28-25-23-20-17-14-11-8-5-2/h7-8,10-11,15-20,24-26,28-29,31,50H,4-6,9,12-14,21-23,27,30,32-49H2,1-3H3/b10-7-,11-8-,18-15-,19-16-,20-17-,26-24-,28-25-,31-29-. The Hall–Kier alpha value is -3.67. The lowest BCUT2D eigenvalue weighted by atomic mass is 10.1. The summed E-state index contributed by atoms with van der Waals surface area (Å²) in [5, 5.41) is 0. The van der Waals surface area contributed by atoms with Crippen LogP contribution < -0.4 is 0 Å².